The average molecular weight is 680 g/mol. The van der Waals surface area contributed by atoms with E-state index in [-0.39, 0.29) is 28.6 Å². The average Bonchev–Trinajstić information content (AvgIpc) is 3.48. The Morgan fingerprint density at radius 3 is 1.42 bits per heavy atom. The molecular weight excluding hydrogens is 629 g/mol. The van der Waals surface area contributed by atoms with Gasteiger partial charge in [-0.2, -0.15) is 0 Å². The monoisotopic (exact) mass is 679 g/mol. The molecule has 5 aromatic carbocycles. The lowest BCUT2D eigenvalue weighted by Crippen LogP contribution is -2.66. The lowest BCUT2D eigenvalue weighted by Gasteiger charge is -2.55. The zero-order valence-corrected chi connectivity index (χ0v) is 31.8. The smallest absolute Gasteiger partial charge is 0.252 e. The highest BCUT2D eigenvalue weighted by molar-refractivity contribution is 7.00. The first-order valence-corrected chi connectivity index (χ1v) is 20.1. The molecule has 4 unspecified atom stereocenters. The van der Waals surface area contributed by atoms with Gasteiger partial charge in [-0.25, -0.2) is 0 Å². The van der Waals surface area contributed by atoms with Crippen LogP contribution in [-0.2, 0) is 10.8 Å². The van der Waals surface area contributed by atoms with E-state index in [1.807, 2.05) is 0 Å². The van der Waals surface area contributed by atoms with Crippen molar-refractivity contribution in [3.05, 3.63) is 119 Å². The van der Waals surface area contributed by atoms with Gasteiger partial charge in [0.2, 0.25) is 0 Å². The van der Waals surface area contributed by atoms with Crippen LogP contribution in [0, 0.1) is 13.8 Å². The topological polar surface area (TPSA) is 9.72 Å². The van der Waals surface area contributed by atoms with Crippen molar-refractivity contribution in [2.45, 2.75) is 115 Å². The fourth-order valence-corrected chi connectivity index (χ4v) is 12.7. The maximum atomic E-state index is 2.90. The summed E-state index contributed by atoms with van der Waals surface area (Å²) in [6, 6.07) is 38.2. The van der Waals surface area contributed by atoms with E-state index in [2.05, 4.69) is 153 Å². The Kier molecular flexibility index (Phi) is 6.08. The van der Waals surface area contributed by atoms with E-state index in [1.165, 1.54) is 119 Å². The number of nitrogens with zero attached hydrogens (tertiary/aromatic N) is 3. The Balaban J connectivity index is 1.28. The van der Waals surface area contributed by atoms with Crippen LogP contribution in [0.1, 0.15) is 101 Å². The molecule has 4 aliphatic heterocycles. The molecule has 0 N–H and O–H groups in total. The molecule has 2 fully saturated rings. The minimum Gasteiger partial charge on any atom is -0.335 e. The zero-order chi connectivity index (χ0) is 35.4. The van der Waals surface area contributed by atoms with Gasteiger partial charge in [-0.15, -0.1) is 0 Å². The van der Waals surface area contributed by atoms with Gasteiger partial charge in [0.1, 0.15) is 0 Å². The molecule has 11 rings (SSSR count). The van der Waals surface area contributed by atoms with E-state index in [0.29, 0.717) is 0 Å². The Morgan fingerprint density at radius 2 is 0.962 bits per heavy atom. The minimum atomic E-state index is -0.00502. The number of fused-ring (bicyclic) bond motifs is 10. The number of para-hydroxylation sites is 2. The van der Waals surface area contributed by atoms with Crippen LogP contribution in [0.5, 0.6) is 0 Å². The van der Waals surface area contributed by atoms with Crippen molar-refractivity contribution in [3.63, 3.8) is 0 Å². The minimum absolute atomic E-state index is 0.00502. The molecule has 4 heteroatoms. The van der Waals surface area contributed by atoms with E-state index in [9.17, 15) is 0 Å². The first-order valence-electron chi connectivity index (χ1n) is 20.1. The number of rotatable bonds is 3. The van der Waals surface area contributed by atoms with Crippen molar-refractivity contribution in [1.29, 1.82) is 0 Å². The van der Waals surface area contributed by atoms with E-state index < -0.39 is 0 Å². The fraction of sp³-hybridized carbons (Fsp3) is 0.375. The van der Waals surface area contributed by atoms with Crippen LogP contribution in [-0.4, -0.2) is 17.8 Å². The zero-order valence-electron chi connectivity index (χ0n) is 31.8. The molecule has 4 atom stereocenters. The molecule has 0 radical (unpaired) electrons. The largest absolute Gasteiger partial charge is 0.335 e. The Morgan fingerprint density at radius 1 is 0.519 bits per heavy atom. The standard InChI is InChI=1S/C48H50BN3/c1-31-15-11-17-33(27-31)50(34-18-12-16-32(2)28-34)35-29-40-42-41(30-35)52-44-37(46(4)24-8-10-26-48(46,52)6)20-14-22-39(44)49(42)38-21-13-19-36-43(38)51(40)47(5)25-9-7-23-45(36,47)3/h11-22,27-30H,7-10,23-26H2,1-6H3. The summed E-state index contributed by atoms with van der Waals surface area (Å²) in [4.78, 5) is 8.34. The second-order valence-corrected chi connectivity index (χ2v) is 18.1. The lowest BCUT2D eigenvalue weighted by molar-refractivity contribution is 0.194. The van der Waals surface area contributed by atoms with Gasteiger partial charge in [0.15, 0.2) is 0 Å². The summed E-state index contributed by atoms with van der Waals surface area (Å²) in [5.41, 5.74) is 20.0. The van der Waals surface area contributed by atoms with Crippen LogP contribution >= 0.6 is 0 Å². The third-order valence-electron chi connectivity index (χ3n) is 15.6. The summed E-state index contributed by atoms with van der Waals surface area (Å²) >= 11 is 0. The van der Waals surface area contributed by atoms with Crippen molar-refractivity contribution < 1.29 is 0 Å². The van der Waals surface area contributed by atoms with Gasteiger partial charge in [0, 0.05) is 45.0 Å². The Bertz CT molecular complexity index is 2200. The molecule has 2 saturated carbocycles. The SMILES string of the molecule is Cc1cccc(N(c2cccc(C)c2)c2cc3c4c(c2)N2c5c(cccc5C5(C)CCCCC25C)B4c2cccc4c2N3C2(C)CCCCC42C)c1. The van der Waals surface area contributed by atoms with Crippen LogP contribution in [0.25, 0.3) is 0 Å². The van der Waals surface area contributed by atoms with Crippen LogP contribution in [0.3, 0.4) is 0 Å². The third kappa shape index (κ3) is 3.55. The van der Waals surface area contributed by atoms with Crippen molar-refractivity contribution in [1.82, 2.24) is 0 Å². The summed E-state index contributed by atoms with van der Waals surface area (Å²) in [5, 5.41) is 0. The normalized spacial score (nSPS) is 28.5. The first-order chi connectivity index (χ1) is 25.1. The molecule has 52 heavy (non-hydrogen) atoms. The summed E-state index contributed by atoms with van der Waals surface area (Å²) < 4.78 is 0. The van der Waals surface area contributed by atoms with Crippen LogP contribution in [0.15, 0.2) is 97.1 Å². The Hall–Kier alpha value is -4.44. The van der Waals surface area contributed by atoms with E-state index in [0.717, 1.165) is 0 Å². The van der Waals surface area contributed by atoms with E-state index in [4.69, 9.17) is 0 Å². The molecule has 3 nitrogen and oxygen atoms in total. The second kappa shape index (κ2) is 10.2. The number of benzene rings is 5. The molecule has 2 aliphatic carbocycles. The molecule has 0 spiro atoms. The molecule has 0 bridgehead atoms. The second-order valence-electron chi connectivity index (χ2n) is 18.1. The molecule has 6 aliphatic rings. The quantitative estimate of drug-likeness (QED) is 0.176. The molecule has 5 aromatic rings. The summed E-state index contributed by atoms with van der Waals surface area (Å²) in [5.74, 6) is 0. The summed E-state index contributed by atoms with van der Waals surface area (Å²) in [6.07, 6.45) is 10.1. The predicted octanol–water partition coefficient (Wildman–Crippen LogP) is 10.4. The van der Waals surface area contributed by atoms with Crippen LogP contribution in [0.4, 0.5) is 39.8 Å². The Labute approximate surface area is 310 Å². The van der Waals surface area contributed by atoms with E-state index >= 15 is 0 Å². The van der Waals surface area contributed by atoms with Gasteiger partial charge < -0.3 is 14.7 Å². The third-order valence-corrected chi connectivity index (χ3v) is 15.6. The highest BCUT2D eigenvalue weighted by Crippen LogP contribution is 2.65. The molecule has 0 aromatic heterocycles. The van der Waals surface area contributed by atoms with Gasteiger partial charge in [-0.1, -0.05) is 100 Å². The van der Waals surface area contributed by atoms with Gasteiger partial charge in [0.25, 0.3) is 6.71 Å². The number of hydrogen-bond acceptors (Lipinski definition) is 3. The van der Waals surface area contributed by atoms with Gasteiger partial charge in [-0.05, 0) is 128 Å². The van der Waals surface area contributed by atoms with Crippen molar-refractivity contribution >= 4 is 62.9 Å². The van der Waals surface area contributed by atoms with Crippen LogP contribution in [0.2, 0.25) is 0 Å². The number of anilines is 7. The number of aryl methyl sites for hydroxylation is 2. The molecule has 0 saturated heterocycles. The van der Waals surface area contributed by atoms with Gasteiger partial charge in [0.05, 0.1) is 16.8 Å². The lowest BCUT2D eigenvalue weighted by atomic mass is 9.33. The highest BCUT2D eigenvalue weighted by Gasteiger charge is 2.64. The number of hydrogen-bond donors (Lipinski definition) is 0. The van der Waals surface area contributed by atoms with E-state index in [1.54, 1.807) is 11.1 Å². The maximum absolute atomic E-state index is 2.90. The van der Waals surface area contributed by atoms with Gasteiger partial charge >= 0.3 is 0 Å². The van der Waals surface area contributed by atoms with Gasteiger partial charge in [-0.3, -0.25) is 0 Å². The van der Waals surface area contributed by atoms with Crippen molar-refractivity contribution in [2.24, 2.45) is 0 Å². The molecule has 0 amide bonds. The van der Waals surface area contributed by atoms with Crippen molar-refractivity contribution in [2.75, 3.05) is 14.7 Å². The molecule has 260 valence electrons. The molecule has 4 heterocycles. The first kappa shape index (κ1) is 31.1. The van der Waals surface area contributed by atoms with Crippen molar-refractivity contribution in [3.8, 4) is 0 Å². The summed E-state index contributed by atoms with van der Waals surface area (Å²) in [6.45, 7) is 15.1. The highest BCUT2D eigenvalue weighted by atomic mass is 15.3. The van der Waals surface area contributed by atoms with Crippen LogP contribution < -0.4 is 31.1 Å². The summed E-state index contributed by atoms with van der Waals surface area (Å²) in [7, 11) is 0. The maximum Gasteiger partial charge on any atom is 0.252 e. The molecular formula is C48H50BN3. The fourth-order valence-electron chi connectivity index (χ4n) is 12.7. The predicted molar refractivity (Wildman–Crippen MR) is 221 cm³/mol.